The van der Waals surface area contributed by atoms with Gasteiger partial charge in [0.1, 0.15) is 6.17 Å². The molecule has 0 spiro atoms. The number of benzene rings is 1. The molecule has 0 saturated carbocycles. The second-order valence-electron chi connectivity index (χ2n) is 4.82. The summed E-state index contributed by atoms with van der Waals surface area (Å²) in [6, 6.07) is 6.81. The molecule has 19 heavy (non-hydrogen) atoms. The van der Waals surface area contributed by atoms with Crippen molar-refractivity contribution < 1.29 is 10.6 Å². The van der Waals surface area contributed by atoms with Gasteiger partial charge >= 0.3 is 0 Å². The molecule has 1 saturated heterocycles. The number of fused-ring (bicyclic) bond motifs is 1. The molecular formula is C15H17FN2O. The molecule has 2 aliphatic heterocycles. The predicted octanol–water partition coefficient (Wildman–Crippen LogP) is 2.21. The molecule has 0 unspecified atom stereocenters. The van der Waals surface area contributed by atoms with Crippen molar-refractivity contribution in [3.05, 3.63) is 47.7 Å². The van der Waals surface area contributed by atoms with Gasteiger partial charge in [-0.05, 0) is 19.0 Å². The summed E-state index contributed by atoms with van der Waals surface area (Å²) in [7, 11) is 0. The van der Waals surface area contributed by atoms with Crippen molar-refractivity contribution in [2.75, 3.05) is 13.1 Å². The lowest BCUT2D eigenvalue weighted by Crippen LogP contribution is -2.52. The van der Waals surface area contributed by atoms with Crippen LogP contribution in [0.5, 0.6) is 0 Å². The van der Waals surface area contributed by atoms with E-state index in [0.29, 0.717) is 30.8 Å². The predicted molar refractivity (Wildman–Crippen MR) is 73.4 cm³/mol. The van der Waals surface area contributed by atoms with Gasteiger partial charge in [-0.2, -0.15) is 0 Å². The number of halogens is 1. The molecule has 0 aromatic heterocycles. The summed E-state index contributed by atoms with van der Waals surface area (Å²) in [6.45, 7) is 4.76. The Morgan fingerprint density at radius 2 is 2.16 bits per heavy atom. The molecule has 0 aliphatic carbocycles. The molecule has 0 bridgehead atoms. The smallest absolute Gasteiger partial charge is 0.259 e. The van der Waals surface area contributed by atoms with E-state index in [2.05, 4.69) is 17.6 Å². The van der Waals surface area contributed by atoms with E-state index in [9.17, 15) is 9.18 Å². The lowest BCUT2D eigenvalue weighted by Gasteiger charge is -2.34. The second kappa shape index (κ2) is 4.65. The van der Waals surface area contributed by atoms with Gasteiger partial charge < -0.3 is 5.32 Å². The zero-order valence-corrected chi connectivity index (χ0v) is 10.5. The largest absolute Gasteiger partial charge is 0.314 e. The van der Waals surface area contributed by atoms with E-state index < -0.39 is 12.2 Å². The van der Waals surface area contributed by atoms with E-state index in [-0.39, 0.29) is 7.33 Å². The maximum atomic E-state index is 14.1. The monoisotopic (exact) mass is 260 g/mol. The van der Waals surface area contributed by atoms with Gasteiger partial charge in [-0.25, -0.2) is 4.39 Å². The van der Waals surface area contributed by atoms with Crippen molar-refractivity contribution in [1.29, 1.82) is 0 Å². The van der Waals surface area contributed by atoms with Crippen LogP contribution in [0.3, 0.4) is 0 Å². The molecule has 3 nitrogen and oxygen atoms in total. The number of hydrogen-bond donors (Lipinski definition) is 1. The third-order valence-electron chi connectivity index (χ3n) is 3.74. The molecule has 1 N–H and O–H groups in total. The van der Waals surface area contributed by atoms with Crippen LogP contribution >= 0.6 is 0 Å². The Morgan fingerprint density at radius 1 is 1.42 bits per heavy atom. The van der Waals surface area contributed by atoms with Gasteiger partial charge in [-0.3, -0.25) is 9.69 Å². The van der Waals surface area contributed by atoms with Crippen molar-refractivity contribution in [2.45, 2.75) is 18.6 Å². The highest BCUT2D eigenvalue weighted by Crippen LogP contribution is 2.35. The third-order valence-corrected chi connectivity index (χ3v) is 3.74. The number of hydrogen-bond acceptors (Lipinski definition) is 2. The summed E-state index contributed by atoms with van der Waals surface area (Å²) in [5.41, 5.74) is 4.79. The Hall–Kier alpha value is -1.90. The van der Waals surface area contributed by atoms with Crippen LogP contribution in [-0.4, -0.2) is 36.1 Å². The summed E-state index contributed by atoms with van der Waals surface area (Å²) in [5.74, 6) is -0.155. The highest BCUT2D eigenvalue weighted by Gasteiger charge is 2.41. The van der Waals surface area contributed by atoms with Crippen molar-refractivity contribution in [3.8, 4) is 0 Å². The summed E-state index contributed by atoms with van der Waals surface area (Å²) in [4.78, 5) is 14.0. The molecule has 2 aliphatic rings. The number of nitrogens with one attached hydrogen (secondary N) is 1. The topological polar surface area (TPSA) is 32.3 Å². The van der Waals surface area contributed by atoms with Crippen LogP contribution in [0.25, 0.3) is 5.70 Å². The number of carbonyl (C=O) groups is 1. The Balaban J connectivity index is 0.00000147. The lowest BCUT2D eigenvalue weighted by molar-refractivity contribution is 0.0683. The first kappa shape index (κ1) is 12.2. The van der Waals surface area contributed by atoms with Crippen molar-refractivity contribution in [1.82, 2.24) is 10.2 Å². The molecule has 1 amide bonds. The number of rotatable bonds is 1. The molecule has 1 fully saturated rings. The molecule has 3 rings (SSSR count). The quantitative estimate of drug-likeness (QED) is 0.785. The average molecular weight is 260 g/mol. The molecular weight excluding hydrogens is 243 g/mol. The van der Waals surface area contributed by atoms with Gasteiger partial charge in [-0.15, -0.1) is 5.73 Å². The van der Waals surface area contributed by atoms with Crippen LogP contribution in [0.4, 0.5) is 4.39 Å². The number of alkyl halides is 1. The Labute approximate surface area is 112 Å². The van der Waals surface area contributed by atoms with Crippen molar-refractivity contribution in [2.24, 2.45) is 0 Å². The van der Waals surface area contributed by atoms with Crippen LogP contribution in [0, 0.1) is 0 Å². The summed E-state index contributed by atoms with van der Waals surface area (Å²) < 4.78 is 14.1. The van der Waals surface area contributed by atoms with Crippen LogP contribution < -0.4 is 5.32 Å². The standard InChI is InChI=1S/C15H15FN2O.H2/c1-2-13-10-5-3-4-6-11(10)15(19)18(13)14-9-17-8-7-12(14)16;/h3-6,12,14,17H,1,7-9H2;1H/t12-,14+;/m0./s1. The first-order valence-corrected chi connectivity index (χ1v) is 6.42. The van der Waals surface area contributed by atoms with Gasteiger partial charge in [0.05, 0.1) is 11.7 Å². The Bertz CT molecular complexity index is 583. The average Bonchev–Trinajstić information content (AvgIpc) is 2.73. The molecule has 4 heteroatoms. The fourth-order valence-corrected chi connectivity index (χ4v) is 2.80. The Morgan fingerprint density at radius 3 is 2.84 bits per heavy atom. The van der Waals surface area contributed by atoms with E-state index in [1.54, 1.807) is 6.07 Å². The van der Waals surface area contributed by atoms with E-state index in [4.69, 9.17) is 0 Å². The van der Waals surface area contributed by atoms with Gasteiger partial charge in [-0.1, -0.05) is 24.8 Å². The first-order chi connectivity index (χ1) is 9.24. The number of amides is 1. The SMILES string of the molecule is C=C=C1c2ccccc2C(=O)N1[C@@H]1CNCC[C@@H]1F.[HH]. The molecule has 100 valence electrons. The maximum absolute atomic E-state index is 14.1. The normalized spacial score (nSPS) is 26.3. The summed E-state index contributed by atoms with van der Waals surface area (Å²) >= 11 is 0. The van der Waals surface area contributed by atoms with E-state index in [1.807, 2.05) is 18.2 Å². The van der Waals surface area contributed by atoms with Crippen LogP contribution in [-0.2, 0) is 0 Å². The zero-order chi connectivity index (χ0) is 13.4. The minimum Gasteiger partial charge on any atom is -0.314 e. The molecule has 0 radical (unpaired) electrons. The highest BCUT2D eigenvalue weighted by molar-refractivity contribution is 6.09. The van der Waals surface area contributed by atoms with Gasteiger partial charge in [0, 0.05) is 19.1 Å². The van der Waals surface area contributed by atoms with Gasteiger partial charge in [0.15, 0.2) is 0 Å². The van der Waals surface area contributed by atoms with Crippen LogP contribution in [0.15, 0.2) is 36.6 Å². The maximum Gasteiger partial charge on any atom is 0.259 e. The van der Waals surface area contributed by atoms with E-state index >= 15 is 0 Å². The fourth-order valence-electron chi connectivity index (χ4n) is 2.80. The molecule has 2 atom stereocenters. The summed E-state index contributed by atoms with van der Waals surface area (Å²) in [5, 5.41) is 3.14. The van der Waals surface area contributed by atoms with Crippen molar-refractivity contribution >= 4 is 11.6 Å². The number of piperidine rings is 1. The zero-order valence-electron chi connectivity index (χ0n) is 10.5. The minimum atomic E-state index is -1.01. The van der Waals surface area contributed by atoms with Gasteiger partial charge in [0.25, 0.3) is 5.91 Å². The van der Waals surface area contributed by atoms with Crippen LogP contribution in [0.1, 0.15) is 23.8 Å². The van der Waals surface area contributed by atoms with Gasteiger partial charge in [0.2, 0.25) is 0 Å². The number of nitrogens with zero attached hydrogens (tertiary/aromatic N) is 1. The van der Waals surface area contributed by atoms with Crippen LogP contribution in [0.2, 0.25) is 0 Å². The lowest BCUT2D eigenvalue weighted by atomic mass is 10.0. The third kappa shape index (κ3) is 1.81. The van der Waals surface area contributed by atoms with E-state index in [0.717, 1.165) is 5.56 Å². The molecule has 1 aromatic rings. The summed E-state index contributed by atoms with van der Waals surface area (Å²) in [6.07, 6.45) is -0.585. The number of carbonyl (C=O) groups excluding carboxylic acids is 1. The van der Waals surface area contributed by atoms with Crippen molar-refractivity contribution in [3.63, 3.8) is 0 Å². The highest BCUT2D eigenvalue weighted by atomic mass is 19.1. The minimum absolute atomic E-state index is 0. The Kier molecular flexibility index (Phi) is 2.97. The van der Waals surface area contributed by atoms with E-state index in [1.165, 1.54) is 4.90 Å². The fraction of sp³-hybridized carbons (Fsp3) is 0.333. The second-order valence-corrected chi connectivity index (χ2v) is 4.82. The molecule has 2 heterocycles. The molecule has 1 aromatic carbocycles. The first-order valence-electron chi connectivity index (χ1n) is 6.42.